The number of anilines is 1. The van der Waals surface area contributed by atoms with Crippen LogP contribution in [0.5, 0.6) is 0 Å². The lowest BCUT2D eigenvalue weighted by Gasteiger charge is -2.38. The summed E-state index contributed by atoms with van der Waals surface area (Å²) in [4.78, 5) is 22.9. The van der Waals surface area contributed by atoms with Gasteiger partial charge in [0.05, 0.1) is 6.61 Å². The normalized spacial score (nSPS) is 24.7. The molecule has 0 bridgehead atoms. The Morgan fingerprint density at radius 1 is 1.48 bits per heavy atom. The number of hydrogen-bond acceptors (Lipinski definition) is 5. The molecule has 120 valence electrons. The maximum absolute atomic E-state index is 12.4. The van der Waals surface area contributed by atoms with Crippen LogP contribution < -0.4 is 5.73 Å². The zero-order valence-electron chi connectivity index (χ0n) is 12.6. The lowest BCUT2D eigenvalue weighted by Crippen LogP contribution is -2.48. The Balaban J connectivity index is 1.74. The second-order valence-electron chi connectivity index (χ2n) is 5.82. The third-order valence-corrected chi connectivity index (χ3v) is 4.97. The summed E-state index contributed by atoms with van der Waals surface area (Å²) in [5.74, 6) is 1.42. The number of fused-ring (bicyclic) bond motifs is 2. The van der Waals surface area contributed by atoms with E-state index in [9.17, 15) is 4.79 Å². The largest absolute Gasteiger partial charge is 0.382 e. The van der Waals surface area contributed by atoms with Crippen LogP contribution in [0, 0.1) is 0 Å². The SMILES string of the molecule is CC1OCC2=CCC(c3nc(Br)c4c(N)nccn34)CN2C1=O. The average Bonchev–Trinajstić information content (AvgIpc) is 2.89. The van der Waals surface area contributed by atoms with Crippen molar-refractivity contribution in [2.75, 3.05) is 18.9 Å². The second-order valence-corrected chi connectivity index (χ2v) is 6.57. The van der Waals surface area contributed by atoms with Crippen molar-refractivity contribution < 1.29 is 9.53 Å². The Morgan fingerprint density at radius 2 is 2.30 bits per heavy atom. The highest BCUT2D eigenvalue weighted by atomic mass is 79.9. The maximum atomic E-state index is 12.4. The van der Waals surface area contributed by atoms with Crippen LogP contribution in [-0.4, -0.2) is 44.4 Å². The summed E-state index contributed by atoms with van der Waals surface area (Å²) in [5.41, 5.74) is 7.66. The summed E-state index contributed by atoms with van der Waals surface area (Å²) in [6.07, 6.45) is 5.99. The highest BCUT2D eigenvalue weighted by Crippen LogP contribution is 2.33. The zero-order chi connectivity index (χ0) is 16.1. The number of ether oxygens (including phenoxy) is 1. The van der Waals surface area contributed by atoms with Crippen molar-refractivity contribution in [1.82, 2.24) is 19.3 Å². The Bertz CT molecular complexity index is 831. The van der Waals surface area contributed by atoms with E-state index in [1.165, 1.54) is 0 Å². The molecule has 2 aromatic rings. The van der Waals surface area contributed by atoms with E-state index < -0.39 is 6.10 Å². The van der Waals surface area contributed by atoms with Crippen LogP contribution in [0.25, 0.3) is 5.52 Å². The highest BCUT2D eigenvalue weighted by Gasteiger charge is 2.35. The standard InChI is InChI=1S/C15H16BrN5O2/c1-8-15(22)21-6-9(2-3-10(21)7-23-8)14-19-12(16)11-13(17)18-4-5-20(11)14/h3-5,8-9H,2,6-7H2,1H3,(H2,17,18). The number of carbonyl (C=O) groups is 1. The first-order chi connectivity index (χ1) is 11.1. The van der Waals surface area contributed by atoms with E-state index in [2.05, 4.69) is 32.0 Å². The lowest BCUT2D eigenvalue weighted by atomic mass is 9.97. The molecule has 7 nitrogen and oxygen atoms in total. The van der Waals surface area contributed by atoms with E-state index in [0.29, 0.717) is 23.6 Å². The predicted molar refractivity (Wildman–Crippen MR) is 87.7 cm³/mol. The quantitative estimate of drug-likeness (QED) is 0.816. The van der Waals surface area contributed by atoms with Gasteiger partial charge in [0, 0.05) is 30.6 Å². The van der Waals surface area contributed by atoms with Crippen molar-refractivity contribution in [3.63, 3.8) is 0 Å². The van der Waals surface area contributed by atoms with Crippen molar-refractivity contribution in [1.29, 1.82) is 0 Å². The van der Waals surface area contributed by atoms with Gasteiger partial charge < -0.3 is 15.4 Å². The van der Waals surface area contributed by atoms with Gasteiger partial charge in [-0.2, -0.15) is 0 Å². The van der Waals surface area contributed by atoms with E-state index in [0.717, 1.165) is 23.5 Å². The van der Waals surface area contributed by atoms with E-state index >= 15 is 0 Å². The summed E-state index contributed by atoms with van der Waals surface area (Å²) in [7, 11) is 0. The molecule has 2 aliphatic rings. The van der Waals surface area contributed by atoms with Gasteiger partial charge in [0.1, 0.15) is 22.0 Å². The monoisotopic (exact) mass is 377 g/mol. The molecule has 0 spiro atoms. The van der Waals surface area contributed by atoms with Crippen molar-refractivity contribution in [3.05, 3.63) is 34.6 Å². The first-order valence-electron chi connectivity index (χ1n) is 7.46. The fraction of sp³-hybridized carbons (Fsp3) is 0.400. The molecule has 0 radical (unpaired) electrons. The Morgan fingerprint density at radius 3 is 3.13 bits per heavy atom. The highest BCUT2D eigenvalue weighted by molar-refractivity contribution is 9.10. The van der Waals surface area contributed by atoms with Crippen LogP contribution in [-0.2, 0) is 9.53 Å². The van der Waals surface area contributed by atoms with Crippen LogP contribution in [0.4, 0.5) is 5.82 Å². The molecule has 0 aromatic carbocycles. The Labute approximate surface area is 141 Å². The van der Waals surface area contributed by atoms with Gasteiger partial charge in [0.2, 0.25) is 0 Å². The van der Waals surface area contributed by atoms with Gasteiger partial charge in [-0.1, -0.05) is 6.08 Å². The minimum atomic E-state index is -0.394. The summed E-state index contributed by atoms with van der Waals surface area (Å²) in [6.45, 7) is 2.88. The van der Waals surface area contributed by atoms with E-state index in [4.69, 9.17) is 10.5 Å². The van der Waals surface area contributed by atoms with E-state index in [1.807, 2.05) is 15.5 Å². The number of rotatable bonds is 1. The number of amides is 1. The first-order valence-corrected chi connectivity index (χ1v) is 8.25. The molecule has 2 aromatic heterocycles. The number of morpholine rings is 1. The van der Waals surface area contributed by atoms with Gasteiger partial charge in [-0.05, 0) is 29.3 Å². The first kappa shape index (κ1) is 14.6. The molecule has 0 aliphatic carbocycles. The van der Waals surface area contributed by atoms with Crippen molar-refractivity contribution in [2.45, 2.75) is 25.4 Å². The Kier molecular flexibility index (Phi) is 3.38. The number of nitrogens with two attached hydrogens (primary N) is 1. The summed E-state index contributed by atoms with van der Waals surface area (Å²) < 4.78 is 8.10. The molecular formula is C15H16BrN5O2. The molecule has 1 fully saturated rings. The molecule has 2 unspecified atom stereocenters. The number of allylic oxidation sites excluding steroid dienone is 1. The average molecular weight is 378 g/mol. The summed E-state index contributed by atoms with van der Waals surface area (Å²) in [5, 5.41) is 0. The minimum absolute atomic E-state index is 0.00769. The number of nitrogen functional groups attached to an aromatic ring is 1. The molecular weight excluding hydrogens is 362 g/mol. The fourth-order valence-electron chi connectivity index (χ4n) is 3.19. The van der Waals surface area contributed by atoms with Crippen molar-refractivity contribution >= 4 is 33.2 Å². The zero-order valence-corrected chi connectivity index (χ0v) is 14.2. The van der Waals surface area contributed by atoms with Crippen LogP contribution in [0.2, 0.25) is 0 Å². The third-order valence-electron chi connectivity index (χ3n) is 4.42. The van der Waals surface area contributed by atoms with Crippen molar-refractivity contribution in [2.24, 2.45) is 0 Å². The molecule has 1 saturated heterocycles. The number of hydrogen-bond donors (Lipinski definition) is 1. The molecule has 2 N–H and O–H groups in total. The van der Waals surface area contributed by atoms with Crippen LogP contribution in [0.3, 0.4) is 0 Å². The number of imidazole rings is 1. The van der Waals surface area contributed by atoms with Gasteiger partial charge in [-0.3, -0.25) is 9.20 Å². The van der Waals surface area contributed by atoms with Crippen LogP contribution >= 0.6 is 15.9 Å². The van der Waals surface area contributed by atoms with E-state index in [1.54, 1.807) is 13.1 Å². The number of nitrogens with zero attached hydrogens (tertiary/aromatic N) is 4. The summed E-state index contributed by atoms with van der Waals surface area (Å²) in [6, 6.07) is 0. The van der Waals surface area contributed by atoms with Gasteiger partial charge in [0.15, 0.2) is 5.82 Å². The topological polar surface area (TPSA) is 85.8 Å². The number of aromatic nitrogens is 3. The molecule has 2 atom stereocenters. The fourth-order valence-corrected chi connectivity index (χ4v) is 3.76. The van der Waals surface area contributed by atoms with Crippen molar-refractivity contribution in [3.8, 4) is 0 Å². The predicted octanol–water partition coefficient (Wildman–Crippen LogP) is 1.69. The maximum Gasteiger partial charge on any atom is 0.255 e. The van der Waals surface area contributed by atoms with Gasteiger partial charge in [0.25, 0.3) is 5.91 Å². The van der Waals surface area contributed by atoms with Gasteiger partial charge in [-0.15, -0.1) is 0 Å². The lowest BCUT2D eigenvalue weighted by molar-refractivity contribution is -0.147. The van der Waals surface area contributed by atoms with Gasteiger partial charge >= 0.3 is 0 Å². The number of halogens is 1. The number of carbonyl (C=O) groups excluding carboxylic acids is 1. The Hall–Kier alpha value is -1.93. The van der Waals surface area contributed by atoms with Crippen LogP contribution in [0.1, 0.15) is 25.1 Å². The molecule has 23 heavy (non-hydrogen) atoms. The molecule has 8 heteroatoms. The van der Waals surface area contributed by atoms with E-state index in [-0.39, 0.29) is 11.8 Å². The molecule has 0 saturated carbocycles. The molecule has 4 heterocycles. The molecule has 2 aliphatic heterocycles. The molecule has 1 amide bonds. The van der Waals surface area contributed by atoms with Gasteiger partial charge in [-0.25, -0.2) is 9.97 Å². The van der Waals surface area contributed by atoms with Crippen LogP contribution in [0.15, 0.2) is 28.8 Å². The second kappa shape index (κ2) is 5.31. The summed E-state index contributed by atoms with van der Waals surface area (Å²) >= 11 is 3.46. The third kappa shape index (κ3) is 2.24. The molecule has 4 rings (SSSR count). The minimum Gasteiger partial charge on any atom is -0.382 e. The smallest absolute Gasteiger partial charge is 0.255 e.